The molecule has 0 saturated carbocycles. The summed E-state index contributed by atoms with van der Waals surface area (Å²) in [5.41, 5.74) is 0. The number of aryl methyl sites for hydroxylation is 1. The standard InChI is InChI=1S/C11H17N5O2/c1-9-14-11(15-18-9)3-5-12-7-10(17)8-16-6-2-4-13-16/h2,4,6,10,12,17H,3,5,7-8H2,1H3. The zero-order valence-electron chi connectivity index (χ0n) is 10.3. The van der Waals surface area contributed by atoms with E-state index in [0.717, 1.165) is 0 Å². The van der Waals surface area contributed by atoms with E-state index >= 15 is 0 Å². The number of aliphatic hydroxyl groups is 1. The van der Waals surface area contributed by atoms with Gasteiger partial charge in [-0.05, 0) is 6.07 Å². The number of aliphatic hydroxyl groups excluding tert-OH is 1. The molecule has 98 valence electrons. The summed E-state index contributed by atoms with van der Waals surface area (Å²) in [6, 6.07) is 1.83. The minimum absolute atomic E-state index is 0.461. The first-order valence-corrected chi connectivity index (χ1v) is 5.89. The van der Waals surface area contributed by atoms with Crippen LogP contribution in [0.1, 0.15) is 11.7 Å². The molecular formula is C11H17N5O2. The fourth-order valence-electron chi connectivity index (χ4n) is 1.60. The van der Waals surface area contributed by atoms with Crippen LogP contribution in [0.15, 0.2) is 23.0 Å². The maximum absolute atomic E-state index is 9.75. The Morgan fingerprint density at radius 3 is 3.11 bits per heavy atom. The molecule has 7 heteroatoms. The van der Waals surface area contributed by atoms with E-state index in [4.69, 9.17) is 4.52 Å². The highest BCUT2D eigenvalue weighted by Crippen LogP contribution is 1.95. The molecule has 1 unspecified atom stereocenters. The van der Waals surface area contributed by atoms with Gasteiger partial charge in [-0.15, -0.1) is 0 Å². The summed E-state index contributed by atoms with van der Waals surface area (Å²) in [7, 11) is 0. The molecule has 2 heterocycles. The Morgan fingerprint density at radius 2 is 2.44 bits per heavy atom. The molecule has 2 aromatic heterocycles. The molecule has 0 fully saturated rings. The van der Waals surface area contributed by atoms with Gasteiger partial charge in [0.2, 0.25) is 5.89 Å². The number of nitrogens with one attached hydrogen (secondary N) is 1. The van der Waals surface area contributed by atoms with Gasteiger partial charge in [-0.1, -0.05) is 5.16 Å². The summed E-state index contributed by atoms with van der Waals surface area (Å²) in [6.45, 7) is 3.46. The van der Waals surface area contributed by atoms with E-state index in [1.54, 1.807) is 17.8 Å². The maximum atomic E-state index is 9.75. The van der Waals surface area contributed by atoms with Crippen LogP contribution in [-0.4, -0.2) is 44.2 Å². The van der Waals surface area contributed by atoms with Gasteiger partial charge in [-0.25, -0.2) is 0 Å². The fourth-order valence-corrected chi connectivity index (χ4v) is 1.60. The van der Waals surface area contributed by atoms with Crippen LogP contribution in [0, 0.1) is 6.92 Å². The Morgan fingerprint density at radius 1 is 1.56 bits per heavy atom. The SMILES string of the molecule is Cc1nc(CCNCC(O)Cn2cccn2)no1. The quantitative estimate of drug-likeness (QED) is 0.661. The number of nitrogens with zero attached hydrogens (tertiary/aromatic N) is 4. The summed E-state index contributed by atoms with van der Waals surface area (Å²) in [4.78, 5) is 4.09. The van der Waals surface area contributed by atoms with Crippen LogP contribution >= 0.6 is 0 Å². The average Bonchev–Trinajstić information content (AvgIpc) is 2.96. The highest BCUT2D eigenvalue weighted by Gasteiger charge is 2.06. The van der Waals surface area contributed by atoms with E-state index < -0.39 is 6.10 Å². The Hall–Kier alpha value is -1.73. The molecular weight excluding hydrogens is 234 g/mol. The van der Waals surface area contributed by atoms with Crippen molar-refractivity contribution in [2.24, 2.45) is 0 Å². The number of rotatable bonds is 7. The predicted molar refractivity (Wildman–Crippen MR) is 63.8 cm³/mol. The molecule has 0 aliphatic rings. The van der Waals surface area contributed by atoms with E-state index in [0.29, 0.717) is 37.8 Å². The van der Waals surface area contributed by atoms with Crippen molar-refractivity contribution in [2.75, 3.05) is 13.1 Å². The van der Waals surface area contributed by atoms with Crippen LogP contribution in [0.2, 0.25) is 0 Å². The third-order valence-corrected chi connectivity index (χ3v) is 2.43. The maximum Gasteiger partial charge on any atom is 0.223 e. The van der Waals surface area contributed by atoms with E-state index in [9.17, 15) is 5.11 Å². The summed E-state index contributed by atoms with van der Waals surface area (Å²) < 4.78 is 6.57. The first kappa shape index (κ1) is 12.7. The van der Waals surface area contributed by atoms with Gasteiger partial charge < -0.3 is 14.9 Å². The molecule has 2 N–H and O–H groups in total. The Bertz CT molecular complexity index is 454. The lowest BCUT2D eigenvalue weighted by Crippen LogP contribution is -2.31. The molecule has 2 rings (SSSR count). The van der Waals surface area contributed by atoms with E-state index in [2.05, 4.69) is 20.6 Å². The normalized spacial score (nSPS) is 12.8. The van der Waals surface area contributed by atoms with Gasteiger partial charge in [-0.2, -0.15) is 10.1 Å². The number of hydrogen-bond donors (Lipinski definition) is 2. The third-order valence-electron chi connectivity index (χ3n) is 2.43. The molecule has 0 amide bonds. The van der Waals surface area contributed by atoms with Gasteiger partial charge in [-0.3, -0.25) is 4.68 Å². The van der Waals surface area contributed by atoms with Crippen molar-refractivity contribution in [3.05, 3.63) is 30.2 Å². The van der Waals surface area contributed by atoms with Crippen molar-refractivity contribution < 1.29 is 9.63 Å². The number of aromatic nitrogens is 4. The minimum atomic E-state index is -0.461. The van der Waals surface area contributed by atoms with Crippen LogP contribution < -0.4 is 5.32 Å². The summed E-state index contributed by atoms with van der Waals surface area (Å²) in [5.74, 6) is 1.25. The molecule has 18 heavy (non-hydrogen) atoms. The van der Waals surface area contributed by atoms with Gasteiger partial charge in [0.05, 0.1) is 12.6 Å². The largest absolute Gasteiger partial charge is 0.390 e. The molecule has 7 nitrogen and oxygen atoms in total. The summed E-state index contributed by atoms with van der Waals surface area (Å²) >= 11 is 0. The average molecular weight is 251 g/mol. The van der Waals surface area contributed by atoms with Crippen molar-refractivity contribution in [1.82, 2.24) is 25.2 Å². The van der Waals surface area contributed by atoms with E-state index in [1.807, 2.05) is 12.3 Å². The molecule has 0 spiro atoms. The molecule has 0 saturated heterocycles. The molecule has 0 bridgehead atoms. The Kier molecular flexibility index (Phi) is 4.43. The minimum Gasteiger partial charge on any atom is -0.390 e. The third kappa shape index (κ3) is 3.94. The van der Waals surface area contributed by atoms with Crippen molar-refractivity contribution >= 4 is 0 Å². The van der Waals surface area contributed by atoms with Gasteiger partial charge in [0.15, 0.2) is 5.82 Å². The second-order valence-electron chi connectivity index (χ2n) is 4.07. The fraction of sp³-hybridized carbons (Fsp3) is 0.545. The lowest BCUT2D eigenvalue weighted by molar-refractivity contribution is 0.147. The zero-order valence-corrected chi connectivity index (χ0v) is 10.3. The van der Waals surface area contributed by atoms with Crippen LogP contribution in [0.3, 0.4) is 0 Å². The van der Waals surface area contributed by atoms with Crippen LogP contribution in [0.4, 0.5) is 0 Å². The Balaban J connectivity index is 1.60. The van der Waals surface area contributed by atoms with Gasteiger partial charge in [0.1, 0.15) is 0 Å². The van der Waals surface area contributed by atoms with E-state index in [1.165, 1.54) is 0 Å². The topological polar surface area (TPSA) is 89.0 Å². The molecule has 0 aliphatic carbocycles. The second-order valence-corrected chi connectivity index (χ2v) is 4.07. The van der Waals surface area contributed by atoms with Crippen LogP contribution in [0.25, 0.3) is 0 Å². The van der Waals surface area contributed by atoms with Gasteiger partial charge in [0, 0.05) is 38.8 Å². The molecule has 2 aromatic rings. The smallest absolute Gasteiger partial charge is 0.223 e. The van der Waals surface area contributed by atoms with Crippen LogP contribution in [-0.2, 0) is 13.0 Å². The van der Waals surface area contributed by atoms with Crippen molar-refractivity contribution in [3.63, 3.8) is 0 Å². The first-order chi connectivity index (χ1) is 8.74. The molecule has 0 aliphatic heterocycles. The van der Waals surface area contributed by atoms with Crippen molar-refractivity contribution in [3.8, 4) is 0 Å². The van der Waals surface area contributed by atoms with Crippen molar-refractivity contribution in [1.29, 1.82) is 0 Å². The zero-order chi connectivity index (χ0) is 12.8. The van der Waals surface area contributed by atoms with Gasteiger partial charge in [0.25, 0.3) is 0 Å². The van der Waals surface area contributed by atoms with E-state index in [-0.39, 0.29) is 0 Å². The summed E-state index contributed by atoms with van der Waals surface area (Å²) in [5, 5.41) is 20.7. The lowest BCUT2D eigenvalue weighted by atomic mass is 10.3. The highest BCUT2D eigenvalue weighted by molar-refractivity contribution is 4.84. The first-order valence-electron chi connectivity index (χ1n) is 5.89. The molecule has 0 radical (unpaired) electrons. The second kappa shape index (κ2) is 6.27. The lowest BCUT2D eigenvalue weighted by Gasteiger charge is -2.11. The molecule has 1 atom stereocenters. The van der Waals surface area contributed by atoms with Crippen molar-refractivity contribution in [2.45, 2.75) is 26.0 Å². The monoisotopic (exact) mass is 251 g/mol. The predicted octanol–water partition coefficient (Wildman–Crippen LogP) is -0.232. The van der Waals surface area contributed by atoms with Gasteiger partial charge >= 0.3 is 0 Å². The summed E-state index contributed by atoms with van der Waals surface area (Å²) in [6.07, 6.45) is 3.74. The molecule has 0 aromatic carbocycles. The van der Waals surface area contributed by atoms with Crippen LogP contribution in [0.5, 0.6) is 0 Å². The number of hydrogen-bond acceptors (Lipinski definition) is 6. The Labute approximate surface area is 105 Å². The highest BCUT2D eigenvalue weighted by atomic mass is 16.5.